The monoisotopic (exact) mass is 252 g/mol. The van der Waals surface area contributed by atoms with Crippen LogP contribution in [0.1, 0.15) is 25.3 Å². The van der Waals surface area contributed by atoms with Crippen molar-refractivity contribution in [3.05, 3.63) is 54.1 Å². The molecule has 0 saturated heterocycles. The van der Waals surface area contributed by atoms with Crippen LogP contribution < -0.4 is 4.74 Å². The molecule has 2 nitrogen and oxygen atoms in total. The Balaban J connectivity index is 2.35. The summed E-state index contributed by atoms with van der Waals surface area (Å²) in [7, 11) is 0. The van der Waals surface area contributed by atoms with E-state index in [0.29, 0.717) is 17.2 Å². The Morgan fingerprint density at radius 1 is 1.16 bits per heavy atom. The van der Waals surface area contributed by atoms with Crippen LogP contribution in [0.5, 0.6) is 5.75 Å². The minimum Gasteiger partial charge on any atom is -0.423 e. The molecule has 0 aromatic heterocycles. The molecule has 0 amide bonds. The normalized spacial score (nSPS) is 18.6. The van der Waals surface area contributed by atoms with Crippen LogP contribution in [0.15, 0.2) is 48.6 Å². The third-order valence-corrected chi connectivity index (χ3v) is 3.75. The maximum atomic E-state index is 11.9. The van der Waals surface area contributed by atoms with E-state index in [2.05, 4.69) is 32.6 Å². The largest absolute Gasteiger partial charge is 0.423 e. The van der Waals surface area contributed by atoms with Gasteiger partial charge in [0.1, 0.15) is 5.75 Å². The summed E-state index contributed by atoms with van der Waals surface area (Å²) in [6, 6.07) is 12.1. The van der Waals surface area contributed by atoms with E-state index >= 15 is 0 Å². The van der Waals surface area contributed by atoms with Crippen molar-refractivity contribution in [3.8, 4) is 5.75 Å². The Morgan fingerprint density at radius 2 is 1.89 bits per heavy atom. The SMILES string of the molecule is C=C1C(=O)Oc2ccc3ccccc3c2C1C(C)C. The highest BCUT2D eigenvalue weighted by Crippen LogP contribution is 2.44. The molecular weight excluding hydrogens is 236 g/mol. The zero-order valence-corrected chi connectivity index (χ0v) is 11.1. The van der Waals surface area contributed by atoms with E-state index < -0.39 is 0 Å². The second-order valence-electron chi connectivity index (χ2n) is 5.33. The van der Waals surface area contributed by atoms with Gasteiger partial charge in [-0.2, -0.15) is 0 Å². The highest BCUT2D eigenvalue weighted by atomic mass is 16.5. The van der Waals surface area contributed by atoms with Gasteiger partial charge in [0.15, 0.2) is 0 Å². The molecule has 2 aromatic carbocycles. The van der Waals surface area contributed by atoms with E-state index in [4.69, 9.17) is 4.74 Å². The maximum absolute atomic E-state index is 11.9. The molecule has 0 bridgehead atoms. The van der Waals surface area contributed by atoms with Gasteiger partial charge in [-0.1, -0.05) is 50.8 Å². The fourth-order valence-corrected chi connectivity index (χ4v) is 2.89. The number of hydrogen-bond donors (Lipinski definition) is 0. The van der Waals surface area contributed by atoms with Gasteiger partial charge in [0.25, 0.3) is 0 Å². The van der Waals surface area contributed by atoms with Crippen LogP contribution in [0.2, 0.25) is 0 Å². The van der Waals surface area contributed by atoms with Crippen LogP contribution in [-0.2, 0) is 4.79 Å². The smallest absolute Gasteiger partial charge is 0.339 e. The van der Waals surface area contributed by atoms with Gasteiger partial charge in [-0.05, 0) is 22.8 Å². The lowest BCUT2D eigenvalue weighted by Crippen LogP contribution is -2.26. The lowest BCUT2D eigenvalue weighted by molar-refractivity contribution is -0.131. The zero-order chi connectivity index (χ0) is 13.6. The van der Waals surface area contributed by atoms with Gasteiger partial charge in [0.2, 0.25) is 0 Å². The second kappa shape index (κ2) is 4.23. The second-order valence-corrected chi connectivity index (χ2v) is 5.33. The van der Waals surface area contributed by atoms with E-state index in [1.807, 2.05) is 24.3 Å². The molecule has 0 radical (unpaired) electrons. The van der Waals surface area contributed by atoms with E-state index in [9.17, 15) is 4.79 Å². The molecule has 1 aliphatic heterocycles. The van der Waals surface area contributed by atoms with Crippen molar-refractivity contribution < 1.29 is 9.53 Å². The van der Waals surface area contributed by atoms with Crippen LogP contribution in [0.4, 0.5) is 0 Å². The lowest BCUT2D eigenvalue weighted by atomic mass is 9.79. The van der Waals surface area contributed by atoms with Crippen molar-refractivity contribution in [3.63, 3.8) is 0 Å². The summed E-state index contributed by atoms with van der Waals surface area (Å²) in [4.78, 5) is 11.9. The third kappa shape index (κ3) is 1.75. The van der Waals surface area contributed by atoms with E-state index in [-0.39, 0.29) is 11.9 Å². The van der Waals surface area contributed by atoms with Gasteiger partial charge < -0.3 is 4.74 Å². The van der Waals surface area contributed by atoms with Crippen molar-refractivity contribution in [2.24, 2.45) is 5.92 Å². The van der Waals surface area contributed by atoms with Gasteiger partial charge >= 0.3 is 5.97 Å². The van der Waals surface area contributed by atoms with Crippen molar-refractivity contribution in [1.82, 2.24) is 0 Å². The first-order valence-electron chi connectivity index (χ1n) is 6.52. The molecule has 3 rings (SSSR count). The molecule has 1 unspecified atom stereocenters. The summed E-state index contributed by atoms with van der Waals surface area (Å²) in [5, 5.41) is 2.31. The Hall–Kier alpha value is -2.09. The summed E-state index contributed by atoms with van der Waals surface area (Å²) >= 11 is 0. The number of esters is 1. The molecule has 2 heteroatoms. The minimum atomic E-state index is -0.304. The van der Waals surface area contributed by atoms with Crippen molar-refractivity contribution in [1.29, 1.82) is 0 Å². The molecule has 0 saturated carbocycles. The molecule has 0 spiro atoms. The molecule has 1 aliphatic rings. The van der Waals surface area contributed by atoms with Crippen molar-refractivity contribution >= 4 is 16.7 Å². The van der Waals surface area contributed by atoms with Gasteiger partial charge in [0, 0.05) is 17.1 Å². The van der Waals surface area contributed by atoms with Crippen LogP contribution >= 0.6 is 0 Å². The summed E-state index contributed by atoms with van der Waals surface area (Å²) < 4.78 is 5.39. The number of benzene rings is 2. The number of ether oxygens (including phenoxy) is 1. The van der Waals surface area contributed by atoms with Crippen LogP contribution in [0, 0.1) is 5.92 Å². The molecule has 96 valence electrons. The molecule has 1 atom stereocenters. The molecule has 0 N–H and O–H groups in total. The average molecular weight is 252 g/mol. The van der Waals surface area contributed by atoms with Crippen molar-refractivity contribution in [2.75, 3.05) is 0 Å². The fourth-order valence-electron chi connectivity index (χ4n) is 2.89. The molecule has 0 aliphatic carbocycles. The minimum absolute atomic E-state index is 0.0300. The Bertz CT molecular complexity index is 683. The number of carbonyl (C=O) groups excluding carboxylic acids is 1. The molecular formula is C17H16O2. The predicted octanol–water partition coefficient (Wildman–Crippen LogP) is 4.05. The Labute approximate surface area is 112 Å². The third-order valence-electron chi connectivity index (χ3n) is 3.75. The first-order chi connectivity index (χ1) is 9.09. The number of rotatable bonds is 1. The van der Waals surface area contributed by atoms with Gasteiger partial charge in [-0.15, -0.1) is 0 Å². The van der Waals surface area contributed by atoms with Gasteiger partial charge in [0.05, 0.1) is 0 Å². The molecule has 0 fully saturated rings. The standard InChI is InChI=1S/C17H16O2/c1-10(2)15-11(3)17(18)19-14-9-8-12-6-4-5-7-13(12)16(14)15/h4-10,15H,3H2,1-2H3. The molecule has 19 heavy (non-hydrogen) atoms. The predicted molar refractivity (Wildman–Crippen MR) is 76.3 cm³/mol. The van der Waals surface area contributed by atoms with Gasteiger partial charge in [-0.25, -0.2) is 4.79 Å². The van der Waals surface area contributed by atoms with Crippen molar-refractivity contribution in [2.45, 2.75) is 19.8 Å². The average Bonchev–Trinajstić information content (AvgIpc) is 2.39. The summed E-state index contributed by atoms with van der Waals surface area (Å²) in [5.74, 6) is 0.712. The molecule has 2 aromatic rings. The van der Waals surface area contributed by atoms with Crippen LogP contribution in [-0.4, -0.2) is 5.97 Å². The Kier molecular flexibility index (Phi) is 2.67. The summed E-state index contributed by atoms with van der Waals surface area (Å²) in [5.41, 5.74) is 1.65. The quantitative estimate of drug-likeness (QED) is 0.434. The van der Waals surface area contributed by atoms with Gasteiger partial charge in [-0.3, -0.25) is 0 Å². The fraction of sp³-hybridized carbons (Fsp3) is 0.235. The number of carbonyl (C=O) groups is 1. The van der Waals surface area contributed by atoms with Crippen LogP contribution in [0.3, 0.4) is 0 Å². The number of fused-ring (bicyclic) bond motifs is 3. The summed E-state index contributed by atoms with van der Waals surface area (Å²) in [6.07, 6.45) is 0. The lowest BCUT2D eigenvalue weighted by Gasteiger charge is -2.30. The van der Waals surface area contributed by atoms with E-state index in [1.165, 1.54) is 0 Å². The number of hydrogen-bond acceptors (Lipinski definition) is 2. The highest BCUT2D eigenvalue weighted by Gasteiger charge is 2.34. The topological polar surface area (TPSA) is 26.3 Å². The van der Waals surface area contributed by atoms with E-state index in [1.54, 1.807) is 0 Å². The Morgan fingerprint density at radius 3 is 2.63 bits per heavy atom. The first-order valence-corrected chi connectivity index (χ1v) is 6.52. The zero-order valence-electron chi connectivity index (χ0n) is 11.1. The highest BCUT2D eigenvalue weighted by molar-refractivity contribution is 5.98. The van der Waals surface area contributed by atoms with E-state index in [0.717, 1.165) is 16.3 Å². The maximum Gasteiger partial charge on any atom is 0.339 e. The van der Waals surface area contributed by atoms with Crippen LogP contribution in [0.25, 0.3) is 10.8 Å². The first kappa shape index (κ1) is 12.0. The molecule has 1 heterocycles. The summed E-state index contributed by atoms with van der Waals surface area (Å²) in [6.45, 7) is 8.15.